The summed E-state index contributed by atoms with van der Waals surface area (Å²) in [5.74, 6) is -1.36. The molecule has 0 aromatic heterocycles. The van der Waals surface area contributed by atoms with E-state index in [9.17, 15) is 13.6 Å². The number of rotatable bonds is 2. The van der Waals surface area contributed by atoms with Gasteiger partial charge in [0, 0.05) is 6.07 Å². The zero-order valence-electron chi connectivity index (χ0n) is 10.9. The number of carbonyl (C=O) groups excluding carboxylic acids is 1. The van der Waals surface area contributed by atoms with E-state index in [1.54, 1.807) is 27.7 Å². The van der Waals surface area contributed by atoms with E-state index in [4.69, 9.17) is 4.74 Å². The Morgan fingerprint density at radius 1 is 1.22 bits per heavy atom. The first-order valence-electron chi connectivity index (χ1n) is 5.63. The third kappa shape index (κ3) is 4.69. The Balaban J connectivity index is 2.70. The minimum absolute atomic E-state index is 0.346. The van der Waals surface area contributed by atoms with E-state index in [1.807, 2.05) is 0 Å². The van der Waals surface area contributed by atoms with Crippen LogP contribution in [-0.2, 0) is 4.74 Å². The summed E-state index contributed by atoms with van der Waals surface area (Å²) in [6.07, 6.45) is -0.625. The maximum atomic E-state index is 13.0. The molecule has 0 aliphatic rings. The normalized spacial score (nSPS) is 13.0. The number of benzene rings is 1. The molecule has 5 heteroatoms. The number of nitrogens with one attached hydrogen (secondary N) is 1. The first kappa shape index (κ1) is 14.4. The van der Waals surface area contributed by atoms with Crippen molar-refractivity contribution >= 4 is 6.09 Å². The minimum Gasteiger partial charge on any atom is -0.444 e. The SMILES string of the molecule is CC(NC(=O)OC(C)(C)C)c1cc(F)cc(F)c1. The average molecular weight is 257 g/mol. The van der Waals surface area contributed by atoms with Gasteiger partial charge in [-0.05, 0) is 45.4 Å². The molecule has 0 aliphatic carbocycles. The van der Waals surface area contributed by atoms with Gasteiger partial charge in [0.2, 0.25) is 0 Å². The van der Waals surface area contributed by atoms with E-state index in [0.29, 0.717) is 5.56 Å². The van der Waals surface area contributed by atoms with Crippen molar-refractivity contribution in [1.82, 2.24) is 5.32 Å². The molecule has 0 aliphatic heterocycles. The second kappa shape index (κ2) is 5.33. The second-order valence-electron chi connectivity index (χ2n) is 5.07. The van der Waals surface area contributed by atoms with E-state index in [0.717, 1.165) is 6.07 Å². The molecule has 3 nitrogen and oxygen atoms in total. The van der Waals surface area contributed by atoms with Gasteiger partial charge in [0.05, 0.1) is 6.04 Å². The van der Waals surface area contributed by atoms with Gasteiger partial charge in [-0.1, -0.05) is 0 Å². The van der Waals surface area contributed by atoms with Crippen LogP contribution in [0.1, 0.15) is 39.3 Å². The van der Waals surface area contributed by atoms with Gasteiger partial charge in [-0.25, -0.2) is 13.6 Å². The fraction of sp³-hybridized carbons (Fsp3) is 0.462. The number of alkyl carbamates (subject to hydrolysis) is 1. The van der Waals surface area contributed by atoms with E-state index >= 15 is 0 Å². The Morgan fingerprint density at radius 3 is 2.17 bits per heavy atom. The van der Waals surface area contributed by atoms with Crippen molar-refractivity contribution in [2.75, 3.05) is 0 Å². The summed E-state index contributed by atoms with van der Waals surface area (Å²) in [6, 6.07) is 2.59. The van der Waals surface area contributed by atoms with E-state index in [2.05, 4.69) is 5.32 Å². The largest absolute Gasteiger partial charge is 0.444 e. The van der Waals surface area contributed by atoms with Crippen LogP contribution in [0.4, 0.5) is 13.6 Å². The Morgan fingerprint density at radius 2 is 1.72 bits per heavy atom. The molecule has 0 bridgehead atoms. The monoisotopic (exact) mass is 257 g/mol. The molecule has 0 heterocycles. The molecule has 1 amide bonds. The quantitative estimate of drug-likeness (QED) is 0.879. The Labute approximate surface area is 105 Å². The molecule has 1 aromatic carbocycles. The summed E-state index contributed by atoms with van der Waals surface area (Å²) in [4.78, 5) is 11.5. The average Bonchev–Trinajstić information content (AvgIpc) is 2.12. The lowest BCUT2D eigenvalue weighted by molar-refractivity contribution is 0.0507. The van der Waals surface area contributed by atoms with Gasteiger partial charge in [0.1, 0.15) is 17.2 Å². The number of hydrogen-bond acceptors (Lipinski definition) is 2. The summed E-state index contributed by atoms with van der Waals surface area (Å²) in [7, 11) is 0. The molecule has 1 unspecified atom stereocenters. The molecule has 100 valence electrons. The highest BCUT2D eigenvalue weighted by Gasteiger charge is 2.18. The van der Waals surface area contributed by atoms with Crippen molar-refractivity contribution in [3.63, 3.8) is 0 Å². The van der Waals surface area contributed by atoms with E-state index < -0.39 is 29.4 Å². The number of amides is 1. The molecule has 18 heavy (non-hydrogen) atoms. The summed E-state index contributed by atoms with van der Waals surface area (Å²) < 4.78 is 31.1. The van der Waals surface area contributed by atoms with Crippen LogP contribution in [0.3, 0.4) is 0 Å². The molecular formula is C13H17F2NO2. The molecule has 1 rings (SSSR count). The molecule has 0 saturated heterocycles. The highest BCUT2D eigenvalue weighted by molar-refractivity contribution is 5.68. The Kier molecular flexibility index (Phi) is 4.27. The first-order valence-corrected chi connectivity index (χ1v) is 5.63. The number of halogens is 2. The predicted octanol–water partition coefficient (Wildman–Crippen LogP) is 3.55. The van der Waals surface area contributed by atoms with Crippen LogP contribution in [-0.4, -0.2) is 11.7 Å². The smallest absolute Gasteiger partial charge is 0.408 e. The standard InChI is InChI=1S/C13H17F2NO2/c1-8(16-12(17)18-13(2,3)4)9-5-10(14)7-11(15)6-9/h5-8H,1-4H3,(H,16,17). The van der Waals surface area contributed by atoms with E-state index in [-0.39, 0.29) is 0 Å². The van der Waals surface area contributed by atoms with Gasteiger partial charge < -0.3 is 10.1 Å². The summed E-state index contributed by atoms with van der Waals surface area (Å²) in [5, 5.41) is 2.51. The van der Waals surface area contributed by atoms with Gasteiger partial charge >= 0.3 is 6.09 Å². The molecule has 0 spiro atoms. The third-order valence-electron chi connectivity index (χ3n) is 2.12. The highest BCUT2D eigenvalue weighted by atomic mass is 19.1. The van der Waals surface area contributed by atoms with E-state index in [1.165, 1.54) is 12.1 Å². The molecule has 0 saturated carbocycles. The molecule has 0 fully saturated rings. The molecule has 1 N–H and O–H groups in total. The van der Waals surface area contributed by atoms with Crippen molar-refractivity contribution < 1.29 is 18.3 Å². The van der Waals surface area contributed by atoms with Crippen LogP contribution >= 0.6 is 0 Å². The minimum atomic E-state index is -0.678. The van der Waals surface area contributed by atoms with Crippen LogP contribution in [0.2, 0.25) is 0 Å². The van der Waals surface area contributed by atoms with Crippen LogP contribution in [0.15, 0.2) is 18.2 Å². The summed E-state index contributed by atoms with van der Waals surface area (Å²) in [5.41, 5.74) is -0.268. The maximum Gasteiger partial charge on any atom is 0.408 e. The lowest BCUT2D eigenvalue weighted by Gasteiger charge is -2.22. The van der Waals surface area contributed by atoms with Crippen LogP contribution < -0.4 is 5.32 Å². The third-order valence-corrected chi connectivity index (χ3v) is 2.12. The van der Waals surface area contributed by atoms with Gasteiger partial charge in [0.25, 0.3) is 0 Å². The summed E-state index contributed by atoms with van der Waals surface area (Å²) >= 11 is 0. The zero-order valence-corrected chi connectivity index (χ0v) is 10.9. The number of ether oxygens (including phenoxy) is 1. The van der Waals surface area contributed by atoms with Crippen molar-refractivity contribution in [3.8, 4) is 0 Å². The van der Waals surface area contributed by atoms with Crippen molar-refractivity contribution in [3.05, 3.63) is 35.4 Å². The molecule has 1 atom stereocenters. The van der Waals surface area contributed by atoms with Crippen molar-refractivity contribution in [1.29, 1.82) is 0 Å². The Hall–Kier alpha value is -1.65. The fourth-order valence-corrected chi connectivity index (χ4v) is 1.39. The number of hydrogen-bond donors (Lipinski definition) is 1. The van der Waals surface area contributed by atoms with Crippen molar-refractivity contribution in [2.24, 2.45) is 0 Å². The molecular weight excluding hydrogens is 240 g/mol. The van der Waals surface area contributed by atoms with Crippen LogP contribution in [0, 0.1) is 11.6 Å². The van der Waals surface area contributed by atoms with Gasteiger partial charge in [-0.15, -0.1) is 0 Å². The first-order chi connectivity index (χ1) is 8.17. The van der Waals surface area contributed by atoms with Crippen LogP contribution in [0.5, 0.6) is 0 Å². The predicted molar refractivity (Wildman–Crippen MR) is 64.1 cm³/mol. The zero-order chi connectivity index (χ0) is 13.9. The van der Waals surface area contributed by atoms with Crippen LogP contribution in [0.25, 0.3) is 0 Å². The van der Waals surface area contributed by atoms with Gasteiger partial charge in [-0.3, -0.25) is 0 Å². The second-order valence-corrected chi connectivity index (χ2v) is 5.07. The lowest BCUT2D eigenvalue weighted by atomic mass is 10.1. The number of carbonyl (C=O) groups is 1. The lowest BCUT2D eigenvalue weighted by Crippen LogP contribution is -2.34. The topological polar surface area (TPSA) is 38.3 Å². The molecule has 0 radical (unpaired) electrons. The van der Waals surface area contributed by atoms with Gasteiger partial charge in [0.15, 0.2) is 0 Å². The van der Waals surface area contributed by atoms with Gasteiger partial charge in [-0.2, -0.15) is 0 Å². The molecule has 1 aromatic rings. The van der Waals surface area contributed by atoms with Crippen molar-refractivity contribution in [2.45, 2.75) is 39.3 Å². The maximum absolute atomic E-state index is 13.0. The highest BCUT2D eigenvalue weighted by Crippen LogP contribution is 2.16. The summed E-state index contributed by atoms with van der Waals surface area (Å²) in [6.45, 7) is 6.83. The fourth-order valence-electron chi connectivity index (χ4n) is 1.39. The Bertz CT molecular complexity index is 421.